The summed E-state index contributed by atoms with van der Waals surface area (Å²) in [5, 5.41) is 0.524. The zero-order chi connectivity index (χ0) is 18.3. The molecule has 0 radical (unpaired) electrons. The van der Waals surface area contributed by atoms with Crippen LogP contribution in [-0.2, 0) is 14.1 Å². The molecule has 0 spiro atoms. The van der Waals surface area contributed by atoms with Crippen molar-refractivity contribution in [3.05, 3.63) is 67.4 Å². The standard InChI is InChI=1S/C17H14ClN3O4/c1-9-4-6-11(18)13(8-9)25-16(23)12-7-5-10-14(19-12)20(2)17(24)21(3)15(10)22/h4-8H,1-3H3. The highest BCUT2D eigenvalue weighted by molar-refractivity contribution is 6.32. The first kappa shape index (κ1) is 16.9. The van der Waals surface area contributed by atoms with Gasteiger partial charge in [-0.1, -0.05) is 17.7 Å². The summed E-state index contributed by atoms with van der Waals surface area (Å²) in [5.74, 6) is -0.519. The van der Waals surface area contributed by atoms with Gasteiger partial charge in [0.05, 0.1) is 10.4 Å². The maximum absolute atomic E-state index is 12.4. The molecule has 0 atom stereocenters. The number of carbonyl (C=O) groups excluding carboxylic acids is 1. The van der Waals surface area contributed by atoms with E-state index in [1.807, 2.05) is 6.92 Å². The summed E-state index contributed by atoms with van der Waals surface area (Å²) < 4.78 is 7.46. The smallest absolute Gasteiger partial charge is 0.362 e. The van der Waals surface area contributed by atoms with Gasteiger partial charge in [-0.2, -0.15) is 0 Å². The molecule has 2 heterocycles. The predicted molar refractivity (Wildman–Crippen MR) is 93.4 cm³/mol. The van der Waals surface area contributed by atoms with Gasteiger partial charge in [-0.25, -0.2) is 14.6 Å². The molecule has 8 heteroatoms. The van der Waals surface area contributed by atoms with Gasteiger partial charge in [0.1, 0.15) is 11.4 Å². The third-order valence-corrected chi connectivity index (χ3v) is 4.11. The van der Waals surface area contributed by atoms with Gasteiger partial charge in [-0.3, -0.25) is 13.9 Å². The van der Waals surface area contributed by atoms with E-state index in [4.69, 9.17) is 16.3 Å². The minimum Gasteiger partial charge on any atom is -0.420 e. The van der Waals surface area contributed by atoms with Crippen LogP contribution in [0.4, 0.5) is 0 Å². The number of rotatable bonds is 2. The molecule has 0 N–H and O–H groups in total. The SMILES string of the molecule is Cc1ccc(Cl)c(OC(=O)c2ccc3c(=O)n(C)c(=O)n(C)c3n2)c1. The van der Waals surface area contributed by atoms with Gasteiger partial charge < -0.3 is 4.74 Å². The molecule has 3 rings (SSSR count). The highest BCUT2D eigenvalue weighted by Crippen LogP contribution is 2.26. The molecule has 0 fully saturated rings. The first-order chi connectivity index (χ1) is 11.8. The highest BCUT2D eigenvalue weighted by atomic mass is 35.5. The Morgan fingerprint density at radius 2 is 1.84 bits per heavy atom. The summed E-state index contributed by atoms with van der Waals surface area (Å²) in [6, 6.07) is 7.87. The number of esters is 1. The topological polar surface area (TPSA) is 83.2 Å². The fourth-order valence-electron chi connectivity index (χ4n) is 2.41. The van der Waals surface area contributed by atoms with Gasteiger partial charge in [-0.15, -0.1) is 0 Å². The molecule has 0 amide bonds. The van der Waals surface area contributed by atoms with Crippen molar-refractivity contribution in [3.8, 4) is 5.75 Å². The molecule has 7 nitrogen and oxygen atoms in total. The number of hydrogen-bond acceptors (Lipinski definition) is 5. The zero-order valence-corrected chi connectivity index (χ0v) is 14.5. The van der Waals surface area contributed by atoms with Crippen molar-refractivity contribution < 1.29 is 9.53 Å². The maximum Gasteiger partial charge on any atom is 0.362 e. The van der Waals surface area contributed by atoms with Crippen molar-refractivity contribution in [1.29, 1.82) is 0 Å². The van der Waals surface area contributed by atoms with E-state index in [0.29, 0.717) is 5.02 Å². The Morgan fingerprint density at radius 1 is 1.12 bits per heavy atom. The summed E-state index contributed by atoms with van der Waals surface area (Å²) in [5.41, 5.74) is -0.0553. The predicted octanol–water partition coefficient (Wildman–Crippen LogP) is 1.81. The van der Waals surface area contributed by atoms with Gasteiger partial charge in [0.2, 0.25) is 0 Å². The Bertz CT molecular complexity index is 1130. The number of hydrogen-bond donors (Lipinski definition) is 0. The van der Waals surface area contributed by atoms with Crippen LogP contribution in [0.1, 0.15) is 16.1 Å². The second-order valence-electron chi connectivity index (χ2n) is 5.60. The van der Waals surface area contributed by atoms with Crippen LogP contribution in [0.5, 0.6) is 5.75 Å². The van der Waals surface area contributed by atoms with E-state index in [1.165, 1.54) is 30.8 Å². The number of aryl methyl sites for hydroxylation is 2. The van der Waals surface area contributed by atoms with Crippen LogP contribution in [0.25, 0.3) is 11.0 Å². The first-order valence-electron chi connectivity index (χ1n) is 7.34. The Balaban J connectivity index is 2.07. The fourth-order valence-corrected chi connectivity index (χ4v) is 2.56. The van der Waals surface area contributed by atoms with Crippen LogP contribution < -0.4 is 16.0 Å². The average Bonchev–Trinajstić information content (AvgIpc) is 2.60. The molecule has 0 saturated carbocycles. The van der Waals surface area contributed by atoms with Crippen LogP contribution in [0.3, 0.4) is 0 Å². The van der Waals surface area contributed by atoms with E-state index >= 15 is 0 Å². The van der Waals surface area contributed by atoms with Gasteiger partial charge in [0.25, 0.3) is 5.56 Å². The first-order valence-corrected chi connectivity index (χ1v) is 7.72. The summed E-state index contributed by atoms with van der Waals surface area (Å²) in [6.45, 7) is 1.84. The van der Waals surface area contributed by atoms with Gasteiger partial charge in [0.15, 0.2) is 5.69 Å². The molecule has 1 aromatic carbocycles. The zero-order valence-electron chi connectivity index (χ0n) is 13.7. The van der Waals surface area contributed by atoms with Crippen molar-refractivity contribution in [3.63, 3.8) is 0 Å². The van der Waals surface area contributed by atoms with Crippen molar-refractivity contribution in [2.45, 2.75) is 6.92 Å². The van der Waals surface area contributed by atoms with E-state index in [2.05, 4.69) is 4.98 Å². The second-order valence-corrected chi connectivity index (χ2v) is 6.00. The molecule has 0 unspecified atom stereocenters. The monoisotopic (exact) mass is 359 g/mol. The number of aromatic nitrogens is 3. The second kappa shape index (κ2) is 6.18. The average molecular weight is 360 g/mol. The quantitative estimate of drug-likeness (QED) is 0.514. The minimum absolute atomic E-state index is 0.0340. The number of halogens is 1. The number of fused-ring (bicyclic) bond motifs is 1. The van der Waals surface area contributed by atoms with E-state index in [9.17, 15) is 14.4 Å². The molecule has 128 valence electrons. The Kier molecular flexibility index (Phi) is 4.18. The molecule has 0 aliphatic carbocycles. The third-order valence-electron chi connectivity index (χ3n) is 3.80. The lowest BCUT2D eigenvalue weighted by Crippen LogP contribution is -2.37. The van der Waals surface area contributed by atoms with Crippen LogP contribution in [0.2, 0.25) is 5.02 Å². The number of nitrogens with zero attached hydrogens (tertiary/aromatic N) is 3. The summed E-state index contributed by atoms with van der Waals surface area (Å²) in [7, 11) is 2.86. The summed E-state index contributed by atoms with van der Waals surface area (Å²) >= 11 is 6.02. The van der Waals surface area contributed by atoms with Crippen molar-refractivity contribution in [2.75, 3.05) is 0 Å². The normalized spacial score (nSPS) is 10.9. The largest absolute Gasteiger partial charge is 0.420 e. The number of ether oxygens (including phenoxy) is 1. The lowest BCUT2D eigenvalue weighted by Gasteiger charge is -2.09. The fraction of sp³-hybridized carbons (Fsp3) is 0.176. The molecule has 0 bridgehead atoms. The third kappa shape index (κ3) is 2.94. The number of benzene rings is 1. The van der Waals surface area contributed by atoms with E-state index in [0.717, 1.165) is 10.1 Å². The Hall–Kier alpha value is -2.93. The van der Waals surface area contributed by atoms with Gasteiger partial charge in [-0.05, 0) is 36.8 Å². The maximum atomic E-state index is 12.4. The van der Waals surface area contributed by atoms with Crippen LogP contribution in [-0.4, -0.2) is 20.1 Å². The van der Waals surface area contributed by atoms with Gasteiger partial charge >= 0.3 is 11.7 Å². The van der Waals surface area contributed by atoms with Gasteiger partial charge in [0, 0.05) is 14.1 Å². The molecule has 0 aliphatic heterocycles. The van der Waals surface area contributed by atoms with E-state index in [1.54, 1.807) is 18.2 Å². The number of pyridine rings is 1. The molecular weight excluding hydrogens is 346 g/mol. The molecule has 0 saturated heterocycles. The minimum atomic E-state index is -0.734. The van der Waals surface area contributed by atoms with Crippen molar-refractivity contribution >= 4 is 28.6 Å². The van der Waals surface area contributed by atoms with Crippen LogP contribution >= 0.6 is 11.6 Å². The lowest BCUT2D eigenvalue weighted by atomic mass is 10.2. The molecule has 2 aromatic heterocycles. The molecular formula is C17H14ClN3O4. The van der Waals surface area contributed by atoms with Crippen LogP contribution in [0, 0.1) is 6.92 Å². The van der Waals surface area contributed by atoms with Crippen molar-refractivity contribution in [1.82, 2.24) is 14.1 Å². The number of carbonyl (C=O) groups is 1. The molecule has 0 aliphatic rings. The molecule has 25 heavy (non-hydrogen) atoms. The Labute approximate surface area is 147 Å². The lowest BCUT2D eigenvalue weighted by molar-refractivity contribution is 0.0729. The molecule has 3 aromatic rings. The van der Waals surface area contributed by atoms with E-state index in [-0.39, 0.29) is 22.5 Å². The van der Waals surface area contributed by atoms with E-state index < -0.39 is 17.2 Å². The Morgan fingerprint density at radius 3 is 2.56 bits per heavy atom. The summed E-state index contributed by atoms with van der Waals surface area (Å²) in [4.78, 5) is 40.6. The highest BCUT2D eigenvalue weighted by Gasteiger charge is 2.16. The van der Waals surface area contributed by atoms with Crippen molar-refractivity contribution in [2.24, 2.45) is 14.1 Å². The summed E-state index contributed by atoms with van der Waals surface area (Å²) in [6.07, 6.45) is 0. The van der Waals surface area contributed by atoms with Crippen LogP contribution in [0.15, 0.2) is 39.9 Å².